The maximum Gasteiger partial charge on any atom is 0.00684 e. The average Bonchev–Trinajstić information content (AvgIpc) is 2.80. The van der Waals surface area contributed by atoms with Crippen LogP contribution in [0.2, 0.25) is 0 Å². The number of hydrogen-bond acceptors (Lipinski definition) is 2. The normalized spacial score (nSPS) is 38.4. The summed E-state index contributed by atoms with van der Waals surface area (Å²) in [4.78, 5) is 0. The number of nitrogens with one attached hydrogen (secondary N) is 1. The van der Waals surface area contributed by atoms with Crippen LogP contribution in [0.4, 0.5) is 0 Å². The molecule has 1 heterocycles. The van der Waals surface area contributed by atoms with E-state index in [4.69, 9.17) is 0 Å². The van der Waals surface area contributed by atoms with Gasteiger partial charge >= 0.3 is 0 Å². The molecule has 1 N–H and O–H groups in total. The fourth-order valence-corrected chi connectivity index (χ4v) is 5.16. The molecule has 4 rings (SSSR count). The Balaban J connectivity index is 1.52. The molecule has 18 heavy (non-hydrogen) atoms. The lowest BCUT2D eigenvalue weighted by atomic mass is 9.69. The SMILES string of the molecule is c1cc(CC2(CNC3CC3)CC3CCC2C3)cs1. The van der Waals surface area contributed by atoms with Crippen LogP contribution in [0.15, 0.2) is 16.8 Å². The Morgan fingerprint density at radius 2 is 2.22 bits per heavy atom. The lowest BCUT2D eigenvalue weighted by Crippen LogP contribution is -2.41. The lowest BCUT2D eigenvalue weighted by molar-refractivity contribution is 0.156. The first-order valence-corrected chi connectivity index (χ1v) is 8.53. The van der Waals surface area contributed by atoms with E-state index >= 15 is 0 Å². The Morgan fingerprint density at radius 3 is 2.83 bits per heavy atom. The molecule has 2 heteroatoms. The smallest absolute Gasteiger partial charge is 0.00684 e. The van der Waals surface area contributed by atoms with Gasteiger partial charge in [-0.3, -0.25) is 0 Å². The Morgan fingerprint density at radius 1 is 1.28 bits per heavy atom. The van der Waals surface area contributed by atoms with Gasteiger partial charge in [0, 0.05) is 12.6 Å². The van der Waals surface area contributed by atoms with Crippen LogP contribution in [0.5, 0.6) is 0 Å². The van der Waals surface area contributed by atoms with Crippen molar-refractivity contribution in [1.29, 1.82) is 0 Å². The summed E-state index contributed by atoms with van der Waals surface area (Å²) in [5.74, 6) is 2.06. The van der Waals surface area contributed by atoms with Crippen molar-refractivity contribution in [3.05, 3.63) is 22.4 Å². The molecule has 0 radical (unpaired) electrons. The number of hydrogen-bond donors (Lipinski definition) is 1. The van der Waals surface area contributed by atoms with Gasteiger partial charge in [0.15, 0.2) is 0 Å². The summed E-state index contributed by atoms with van der Waals surface area (Å²) in [6, 6.07) is 3.21. The molecule has 1 aromatic heterocycles. The van der Waals surface area contributed by atoms with Gasteiger partial charge in [0.25, 0.3) is 0 Å². The Labute approximate surface area is 114 Å². The molecular formula is C16H23NS. The summed E-state index contributed by atoms with van der Waals surface area (Å²) in [6.07, 6.45) is 10.2. The largest absolute Gasteiger partial charge is 0.313 e. The van der Waals surface area contributed by atoms with Crippen LogP contribution in [0.1, 0.15) is 44.1 Å². The number of rotatable bonds is 5. The van der Waals surface area contributed by atoms with Crippen molar-refractivity contribution < 1.29 is 0 Å². The van der Waals surface area contributed by atoms with E-state index < -0.39 is 0 Å². The van der Waals surface area contributed by atoms with Crippen molar-refractivity contribution in [2.45, 2.75) is 51.0 Å². The van der Waals surface area contributed by atoms with Gasteiger partial charge in [0.2, 0.25) is 0 Å². The van der Waals surface area contributed by atoms with Crippen LogP contribution in [-0.2, 0) is 6.42 Å². The summed E-state index contributed by atoms with van der Waals surface area (Å²) in [7, 11) is 0. The first kappa shape index (κ1) is 11.5. The lowest BCUT2D eigenvalue weighted by Gasteiger charge is -2.38. The maximum atomic E-state index is 3.84. The zero-order chi connectivity index (χ0) is 12.0. The molecule has 1 aromatic rings. The highest BCUT2D eigenvalue weighted by atomic mass is 32.1. The van der Waals surface area contributed by atoms with E-state index in [1.807, 2.05) is 11.3 Å². The predicted molar refractivity (Wildman–Crippen MR) is 76.9 cm³/mol. The molecule has 3 atom stereocenters. The van der Waals surface area contributed by atoms with Crippen LogP contribution in [0.3, 0.4) is 0 Å². The van der Waals surface area contributed by atoms with E-state index in [1.165, 1.54) is 51.5 Å². The maximum absolute atomic E-state index is 3.84. The highest BCUT2D eigenvalue weighted by Gasteiger charge is 2.50. The molecule has 98 valence electrons. The summed E-state index contributed by atoms with van der Waals surface area (Å²) in [6.45, 7) is 1.29. The molecule has 0 aromatic carbocycles. The second kappa shape index (κ2) is 4.35. The molecule has 3 aliphatic rings. The Hall–Kier alpha value is -0.340. The minimum absolute atomic E-state index is 0.604. The van der Waals surface area contributed by atoms with Gasteiger partial charge < -0.3 is 5.32 Å². The third-order valence-electron chi connectivity index (χ3n) is 5.56. The molecule has 0 spiro atoms. The van der Waals surface area contributed by atoms with Crippen molar-refractivity contribution in [2.75, 3.05) is 6.54 Å². The van der Waals surface area contributed by atoms with Crippen molar-refractivity contribution in [3.8, 4) is 0 Å². The van der Waals surface area contributed by atoms with Crippen molar-refractivity contribution in [1.82, 2.24) is 5.32 Å². The molecule has 0 aliphatic heterocycles. The zero-order valence-corrected chi connectivity index (χ0v) is 11.8. The van der Waals surface area contributed by atoms with Gasteiger partial charge in [-0.25, -0.2) is 0 Å². The highest BCUT2D eigenvalue weighted by Crippen LogP contribution is 2.57. The molecule has 3 saturated carbocycles. The molecular weight excluding hydrogens is 238 g/mol. The van der Waals surface area contributed by atoms with Crippen LogP contribution in [0.25, 0.3) is 0 Å². The van der Waals surface area contributed by atoms with Crippen LogP contribution in [0, 0.1) is 17.3 Å². The second-order valence-electron chi connectivity index (χ2n) is 6.91. The Bertz CT molecular complexity index is 409. The molecule has 3 unspecified atom stereocenters. The predicted octanol–water partition coefficient (Wildman–Crippen LogP) is 3.85. The van der Waals surface area contributed by atoms with Crippen molar-refractivity contribution >= 4 is 11.3 Å². The van der Waals surface area contributed by atoms with Gasteiger partial charge in [-0.15, -0.1) is 0 Å². The molecule has 2 bridgehead atoms. The number of fused-ring (bicyclic) bond motifs is 2. The molecule has 3 fully saturated rings. The van der Waals surface area contributed by atoms with Gasteiger partial charge in [-0.05, 0) is 78.2 Å². The number of thiophene rings is 1. The first-order chi connectivity index (χ1) is 8.84. The van der Waals surface area contributed by atoms with Gasteiger partial charge in [-0.2, -0.15) is 11.3 Å². The topological polar surface area (TPSA) is 12.0 Å². The van der Waals surface area contributed by atoms with E-state index in [2.05, 4.69) is 22.1 Å². The second-order valence-corrected chi connectivity index (χ2v) is 7.69. The highest BCUT2D eigenvalue weighted by molar-refractivity contribution is 7.07. The van der Waals surface area contributed by atoms with Crippen LogP contribution in [-0.4, -0.2) is 12.6 Å². The van der Waals surface area contributed by atoms with Crippen molar-refractivity contribution in [3.63, 3.8) is 0 Å². The van der Waals surface area contributed by atoms with E-state index in [0.717, 1.165) is 17.9 Å². The quantitative estimate of drug-likeness (QED) is 0.849. The summed E-state index contributed by atoms with van der Waals surface area (Å²) >= 11 is 1.86. The minimum atomic E-state index is 0.604. The molecule has 3 aliphatic carbocycles. The summed E-state index contributed by atoms with van der Waals surface area (Å²) in [5, 5.41) is 8.45. The monoisotopic (exact) mass is 261 g/mol. The minimum Gasteiger partial charge on any atom is -0.313 e. The van der Waals surface area contributed by atoms with E-state index in [9.17, 15) is 0 Å². The van der Waals surface area contributed by atoms with Crippen LogP contribution >= 0.6 is 11.3 Å². The third kappa shape index (κ3) is 2.04. The fraction of sp³-hybridized carbons (Fsp3) is 0.750. The third-order valence-corrected chi connectivity index (χ3v) is 6.29. The molecule has 1 nitrogen and oxygen atoms in total. The fourth-order valence-electron chi connectivity index (χ4n) is 4.49. The molecule has 0 saturated heterocycles. The van der Waals surface area contributed by atoms with Gasteiger partial charge in [0.1, 0.15) is 0 Å². The van der Waals surface area contributed by atoms with Crippen LogP contribution < -0.4 is 5.32 Å². The van der Waals surface area contributed by atoms with Gasteiger partial charge in [0.05, 0.1) is 0 Å². The van der Waals surface area contributed by atoms with E-state index in [0.29, 0.717) is 5.41 Å². The van der Waals surface area contributed by atoms with E-state index in [1.54, 1.807) is 5.56 Å². The zero-order valence-electron chi connectivity index (χ0n) is 11.0. The van der Waals surface area contributed by atoms with Gasteiger partial charge in [-0.1, -0.05) is 6.42 Å². The average molecular weight is 261 g/mol. The molecule has 0 amide bonds. The first-order valence-electron chi connectivity index (χ1n) is 7.58. The van der Waals surface area contributed by atoms with Crippen molar-refractivity contribution in [2.24, 2.45) is 17.3 Å². The Kier molecular flexibility index (Phi) is 2.77. The summed E-state index contributed by atoms with van der Waals surface area (Å²) in [5.41, 5.74) is 2.19. The van der Waals surface area contributed by atoms with E-state index in [-0.39, 0.29) is 0 Å². The summed E-state index contributed by atoms with van der Waals surface area (Å²) < 4.78 is 0. The standard InChI is InChI=1S/C16H23NS/c1-2-14-7-12(1)8-16(14,11-17-15-3-4-15)9-13-5-6-18-10-13/h5-6,10,12,14-15,17H,1-4,7-9,11H2.